The first-order valence-corrected chi connectivity index (χ1v) is 12.4. The minimum atomic E-state index is 0. The molecule has 0 spiro atoms. The van der Waals surface area contributed by atoms with Crippen molar-refractivity contribution < 1.29 is 32.3 Å². The molecule has 0 aromatic carbocycles. The van der Waals surface area contributed by atoms with E-state index in [-0.39, 0.29) is 181 Å². The Labute approximate surface area is 334 Å². The third-order valence-corrected chi connectivity index (χ3v) is 4.73. The Hall–Kier alpha value is 2.21. The van der Waals surface area contributed by atoms with Crippen molar-refractivity contribution in [1.82, 2.24) is 0 Å². The Morgan fingerprint density at radius 1 is 0.524 bits per heavy atom. The van der Waals surface area contributed by atoms with Gasteiger partial charge in [0.15, 0.2) is 0 Å². The molecule has 0 amide bonds. The topological polar surface area (TPSA) is 0 Å². The van der Waals surface area contributed by atoms with Crippen LogP contribution in [0.4, 0.5) is 0 Å². The maximum absolute atomic E-state index is 5.68. The monoisotopic (exact) mass is 1040 g/mol. The predicted molar refractivity (Wildman–Crippen MR) is 243 cm³/mol. The Morgan fingerprint density at radius 3 is 1.00 bits per heavy atom. The summed E-state index contributed by atoms with van der Waals surface area (Å²) in [6.45, 7) is 12.9. The first-order chi connectivity index (χ1) is 10.1. The van der Waals surface area contributed by atoms with Crippen molar-refractivity contribution >= 4 is 47.4 Å². The van der Waals surface area contributed by atoms with Crippen LogP contribution in [0.25, 0.3) is 0 Å². The standard InChI is InChI=1S/C6H14B3.C6H12.C5H12.20CH4.Pa.Pb.H/c1-3-5-8-6-9(7)4-2;1-3-5-6-4-2;1-3-5-4-2;;;;;;;;;;;;;;;;;;;;;;;/h3-6H2,1-2H3;1-6H2;3-5H2,1-2H3;20*1H4;;;/q;-1;;;;;;;;;;;;;;;;;;;;;;;;. The summed E-state index contributed by atoms with van der Waals surface area (Å²) >= 11 is 1.22. The molecule has 0 bridgehead atoms. The van der Waals surface area contributed by atoms with Gasteiger partial charge < -0.3 is 0 Å². The summed E-state index contributed by atoms with van der Waals surface area (Å²) in [4.78, 5) is 0. The van der Waals surface area contributed by atoms with Crippen LogP contribution in [0, 0.1) is 39.2 Å². The second-order valence-electron chi connectivity index (χ2n) is 5.54. The van der Waals surface area contributed by atoms with E-state index >= 15 is 0 Å². The van der Waals surface area contributed by atoms with Gasteiger partial charge in [-0.25, -0.2) is 0 Å². The van der Waals surface area contributed by atoms with Crippen LogP contribution in [0.2, 0.25) is 22.8 Å². The van der Waals surface area contributed by atoms with Gasteiger partial charge >= 0.3 is 62.4 Å². The molecule has 0 aliphatic rings. The average molecular weight is 1040 g/mol. The van der Waals surface area contributed by atoms with Gasteiger partial charge in [-0.1, -0.05) is 215 Å². The zero-order valence-electron chi connectivity index (χ0n) is 16.1. The minimum absolute atomic E-state index is 0. The van der Waals surface area contributed by atoms with Crippen molar-refractivity contribution in [2.75, 3.05) is 0 Å². The number of hydrogen-bond acceptors (Lipinski definition) is 0. The molecule has 0 unspecified atom stereocenters. The van der Waals surface area contributed by atoms with Gasteiger partial charge in [0.05, 0.1) is 6.60 Å². The van der Waals surface area contributed by atoms with Gasteiger partial charge in [0.2, 0.25) is 0 Å². The molecule has 0 saturated heterocycles. The third kappa shape index (κ3) is 310. The van der Waals surface area contributed by atoms with Crippen molar-refractivity contribution in [3.05, 3.63) is 6.92 Å². The smallest absolute Gasteiger partial charge is 0 e. The zero-order valence-corrected chi connectivity index (χ0v) is 25.4. The van der Waals surface area contributed by atoms with Crippen molar-refractivity contribution in [1.29, 1.82) is 0 Å². The van der Waals surface area contributed by atoms with Gasteiger partial charge in [-0.2, -0.15) is 0 Å². The molecular formula is C37H119B3PaPb-. The van der Waals surface area contributed by atoms with Crippen molar-refractivity contribution in [3.8, 4) is 0 Å². The SMILES string of the molecule is C.C.C.C.C.C.C.C.C.C.C.C.C.C.C.C.C.C.C.C.CCCCC.[B]B(CC)C[B]CCC.[CH2-]CCCC[CH2][PbH].[Pa]. The van der Waals surface area contributed by atoms with Crippen LogP contribution in [0.5, 0.6) is 0 Å². The van der Waals surface area contributed by atoms with E-state index in [1.165, 1.54) is 81.0 Å². The molecule has 0 aliphatic carbocycles. The van der Waals surface area contributed by atoms with Crippen LogP contribution in [0.1, 0.15) is 228 Å². The van der Waals surface area contributed by atoms with Crippen molar-refractivity contribution in [3.63, 3.8) is 0 Å². The Balaban J connectivity index is -0.00000000427. The van der Waals surface area contributed by atoms with E-state index in [2.05, 4.69) is 41.9 Å². The molecule has 0 N–H and O–H groups in total. The number of rotatable bonds is 11. The molecule has 5 heteroatoms. The second kappa shape index (κ2) is 232. The minimum Gasteiger partial charge on any atom is 0 e. The van der Waals surface area contributed by atoms with E-state index in [0.717, 1.165) is 19.0 Å². The largest absolute Gasteiger partial charge is 0 e. The molecule has 0 heterocycles. The molecule has 0 aliphatic heterocycles. The molecule has 0 atom stereocenters. The Kier molecular flexibility index (Phi) is 1120. The van der Waals surface area contributed by atoms with Crippen LogP contribution in [-0.2, 0) is 0 Å². The van der Waals surface area contributed by atoms with E-state index in [4.69, 9.17) is 7.74 Å². The van der Waals surface area contributed by atoms with Gasteiger partial charge in [-0.15, -0.1) is 6.22 Å². The van der Waals surface area contributed by atoms with Crippen LogP contribution < -0.4 is 0 Å². The Bertz CT molecular complexity index is 151. The van der Waals surface area contributed by atoms with Gasteiger partial charge in [-0.05, 0) is 0 Å². The molecule has 0 nitrogen and oxygen atoms in total. The van der Waals surface area contributed by atoms with Gasteiger partial charge in [0, 0.05) is 40.0 Å². The van der Waals surface area contributed by atoms with Gasteiger partial charge in [0.25, 0.3) is 0 Å². The normalized spacial score (nSPS) is 4.52. The van der Waals surface area contributed by atoms with E-state index in [9.17, 15) is 0 Å². The van der Waals surface area contributed by atoms with Crippen molar-refractivity contribution in [2.24, 2.45) is 0 Å². The maximum Gasteiger partial charge on any atom is 0 e. The molecule has 0 aromatic rings. The molecule has 42 heavy (non-hydrogen) atoms. The number of hydrogen-bond donors (Lipinski definition) is 0. The van der Waals surface area contributed by atoms with E-state index < -0.39 is 0 Å². The van der Waals surface area contributed by atoms with E-state index in [0.29, 0.717) is 6.60 Å². The summed E-state index contributed by atoms with van der Waals surface area (Å²) in [6.07, 6.45) is 14.1. The van der Waals surface area contributed by atoms with Gasteiger partial charge in [0.1, 0.15) is 7.28 Å². The molecule has 0 rings (SSSR count). The summed E-state index contributed by atoms with van der Waals surface area (Å²) < 4.78 is 1.50. The van der Waals surface area contributed by atoms with Crippen LogP contribution >= 0.6 is 0 Å². The summed E-state index contributed by atoms with van der Waals surface area (Å²) in [5, 5.41) is 0. The zero-order chi connectivity index (χ0) is 16.8. The summed E-state index contributed by atoms with van der Waals surface area (Å²) in [7, 11) is 7.97. The second-order valence-corrected chi connectivity index (χ2v) is 7.78. The first-order valence-electron chi connectivity index (χ1n) is 9.20. The molecular weight excluding hydrogens is 915 g/mol. The Morgan fingerprint density at radius 2 is 0.833 bits per heavy atom. The van der Waals surface area contributed by atoms with Gasteiger partial charge in [-0.3, -0.25) is 0 Å². The molecule has 0 aromatic heterocycles. The fourth-order valence-corrected chi connectivity index (χ4v) is 2.68. The predicted octanol–water partition coefficient (Wildman–Crippen LogP) is 18.3. The molecule has 284 valence electrons. The summed E-state index contributed by atoms with van der Waals surface area (Å²) in [5.74, 6) is 0. The fourth-order valence-electron chi connectivity index (χ4n) is 1.55. The van der Waals surface area contributed by atoms with Crippen LogP contribution in [0.15, 0.2) is 0 Å². The van der Waals surface area contributed by atoms with Crippen molar-refractivity contribution in [2.45, 2.75) is 250 Å². The maximum atomic E-state index is 5.68. The number of unbranched alkanes of at least 4 members (excludes halogenated alkanes) is 5. The molecule has 0 fully saturated rings. The van der Waals surface area contributed by atoms with E-state index in [1.807, 2.05) is 0 Å². The quantitative estimate of drug-likeness (QED) is 0.110. The van der Waals surface area contributed by atoms with E-state index in [1.54, 1.807) is 0 Å². The third-order valence-electron chi connectivity index (χ3n) is 3.15. The summed E-state index contributed by atoms with van der Waals surface area (Å²) in [6, 6.07) is 0. The van der Waals surface area contributed by atoms with Crippen LogP contribution in [-0.4, -0.2) is 47.4 Å². The molecule has 6 radical (unpaired) electrons. The fraction of sp³-hybridized carbons (Fsp3) is 0.973. The molecule has 0 saturated carbocycles. The average Bonchev–Trinajstić information content (AvgIpc) is 2.50. The van der Waals surface area contributed by atoms with Crippen LogP contribution in [0.3, 0.4) is 0 Å². The first kappa shape index (κ1) is 202. The summed E-state index contributed by atoms with van der Waals surface area (Å²) in [5.41, 5.74) is 0.